The van der Waals surface area contributed by atoms with Gasteiger partial charge in [0, 0.05) is 23.2 Å². The van der Waals surface area contributed by atoms with E-state index in [9.17, 15) is 4.39 Å². The first kappa shape index (κ1) is 14.6. The summed E-state index contributed by atoms with van der Waals surface area (Å²) in [5.41, 5.74) is 3.20. The molecule has 0 radical (unpaired) electrons. The fourth-order valence-electron chi connectivity index (χ4n) is 4.03. The molecule has 0 amide bonds. The van der Waals surface area contributed by atoms with Crippen LogP contribution in [0.2, 0.25) is 0 Å². The molecule has 4 aromatic rings. The van der Waals surface area contributed by atoms with Gasteiger partial charge < -0.3 is 4.57 Å². The Kier molecular flexibility index (Phi) is 3.17. The van der Waals surface area contributed by atoms with Crippen molar-refractivity contribution in [3.8, 4) is 0 Å². The minimum Gasteiger partial charge on any atom is -0.338 e. The Morgan fingerprint density at radius 2 is 1.88 bits per heavy atom. The molecular formula is C22H19FN2. The SMILES string of the molecule is Cc1ccc(F)c2ccn(C(c3nccc4ccccc34)C3CC3)c12. The highest BCUT2D eigenvalue weighted by Gasteiger charge is 2.36. The van der Waals surface area contributed by atoms with E-state index in [4.69, 9.17) is 4.98 Å². The monoisotopic (exact) mass is 330 g/mol. The minimum absolute atomic E-state index is 0.153. The van der Waals surface area contributed by atoms with Crippen LogP contribution in [-0.4, -0.2) is 9.55 Å². The van der Waals surface area contributed by atoms with Gasteiger partial charge in [0.1, 0.15) is 5.82 Å². The molecule has 0 saturated heterocycles. The number of rotatable bonds is 3. The number of pyridine rings is 1. The molecule has 0 aliphatic heterocycles. The van der Waals surface area contributed by atoms with E-state index in [-0.39, 0.29) is 11.9 Å². The Balaban J connectivity index is 1.79. The molecule has 1 saturated carbocycles. The molecule has 0 bridgehead atoms. The molecular weight excluding hydrogens is 311 g/mol. The van der Waals surface area contributed by atoms with Crippen molar-refractivity contribution in [2.24, 2.45) is 5.92 Å². The number of aromatic nitrogens is 2. The third-order valence-electron chi connectivity index (χ3n) is 5.38. The van der Waals surface area contributed by atoms with Gasteiger partial charge in [0.15, 0.2) is 0 Å². The number of aryl methyl sites for hydroxylation is 1. The van der Waals surface area contributed by atoms with E-state index in [0.29, 0.717) is 11.3 Å². The Hall–Kier alpha value is -2.68. The third kappa shape index (κ3) is 2.26. The zero-order valence-electron chi connectivity index (χ0n) is 14.1. The molecule has 5 rings (SSSR count). The summed E-state index contributed by atoms with van der Waals surface area (Å²) >= 11 is 0. The first-order valence-electron chi connectivity index (χ1n) is 8.83. The van der Waals surface area contributed by atoms with Gasteiger partial charge in [-0.2, -0.15) is 0 Å². The standard InChI is InChI=1S/C22H19FN2/c1-14-6-9-19(23)18-11-13-25(21(14)18)22(16-7-8-16)20-17-5-3-2-4-15(17)10-12-24-20/h2-6,9-13,16,22H,7-8H2,1H3. The highest BCUT2D eigenvalue weighted by atomic mass is 19.1. The minimum atomic E-state index is -0.153. The summed E-state index contributed by atoms with van der Waals surface area (Å²) in [6.07, 6.45) is 6.33. The summed E-state index contributed by atoms with van der Waals surface area (Å²) in [6.45, 7) is 2.05. The van der Waals surface area contributed by atoms with Gasteiger partial charge in [-0.3, -0.25) is 4.98 Å². The van der Waals surface area contributed by atoms with Crippen molar-refractivity contribution in [2.75, 3.05) is 0 Å². The number of nitrogens with zero attached hydrogens (tertiary/aromatic N) is 2. The highest BCUT2D eigenvalue weighted by molar-refractivity contribution is 5.87. The lowest BCUT2D eigenvalue weighted by molar-refractivity contribution is 0.526. The van der Waals surface area contributed by atoms with Crippen LogP contribution in [0.5, 0.6) is 0 Å². The normalized spacial score (nSPS) is 15.8. The molecule has 2 nitrogen and oxygen atoms in total. The van der Waals surface area contributed by atoms with Crippen molar-refractivity contribution in [1.29, 1.82) is 0 Å². The molecule has 1 aliphatic carbocycles. The van der Waals surface area contributed by atoms with E-state index in [1.165, 1.54) is 23.6 Å². The van der Waals surface area contributed by atoms with E-state index in [0.717, 1.165) is 16.8 Å². The van der Waals surface area contributed by atoms with Crippen LogP contribution in [-0.2, 0) is 0 Å². The molecule has 0 N–H and O–H groups in total. The van der Waals surface area contributed by atoms with Gasteiger partial charge >= 0.3 is 0 Å². The van der Waals surface area contributed by atoms with E-state index in [1.54, 1.807) is 6.07 Å². The average Bonchev–Trinajstić information content (AvgIpc) is 3.37. The van der Waals surface area contributed by atoms with Crippen molar-refractivity contribution < 1.29 is 4.39 Å². The Labute approximate surface area is 145 Å². The smallest absolute Gasteiger partial charge is 0.132 e. The topological polar surface area (TPSA) is 17.8 Å². The predicted octanol–water partition coefficient (Wildman–Crippen LogP) is 5.64. The number of fused-ring (bicyclic) bond motifs is 2. The van der Waals surface area contributed by atoms with Crippen molar-refractivity contribution in [3.05, 3.63) is 78.0 Å². The van der Waals surface area contributed by atoms with Crippen LogP contribution in [0.4, 0.5) is 4.39 Å². The summed E-state index contributed by atoms with van der Waals surface area (Å²) in [5, 5.41) is 3.10. The average molecular weight is 330 g/mol. The van der Waals surface area contributed by atoms with E-state index in [2.05, 4.69) is 41.8 Å². The maximum atomic E-state index is 14.3. The van der Waals surface area contributed by atoms with Crippen LogP contribution < -0.4 is 0 Å². The van der Waals surface area contributed by atoms with Crippen molar-refractivity contribution in [3.63, 3.8) is 0 Å². The molecule has 2 aromatic carbocycles. The van der Waals surface area contributed by atoms with Crippen LogP contribution in [0.25, 0.3) is 21.7 Å². The van der Waals surface area contributed by atoms with Gasteiger partial charge in [-0.1, -0.05) is 30.3 Å². The van der Waals surface area contributed by atoms with Crippen LogP contribution in [0.1, 0.15) is 30.1 Å². The maximum Gasteiger partial charge on any atom is 0.132 e. The quantitative estimate of drug-likeness (QED) is 0.475. The molecule has 124 valence electrons. The number of halogens is 1. The van der Waals surface area contributed by atoms with Crippen molar-refractivity contribution >= 4 is 21.7 Å². The second-order valence-electron chi connectivity index (χ2n) is 7.05. The van der Waals surface area contributed by atoms with Crippen LogP contribution in [0, 0.1) is 18.7 Å². The Morgan fingerprint density at radius 1 is 1.04 bits per heavy atom. The lowest BCUT2D eigenvalue weighted by Gasteiger charge is -2.22. The molecule has 1 atom stereocenters. The molecule has 1 fully saturated rings. The molecule has 25 heavy (non-hydrogen) atoms. The molecule has 1 unspecified atom stereocenters. The second kappa shape index (κ2) is 5.41. The fourth-order valence-corrected chi connectivity index (χ4v) is 4.03. The van der Waals surface area contributed by atoms with Gasteiger partial charge in [0.05, 0.1) is 17.3 Å². The van der Waals surface area contributed by atoms with Crippen LogP contribution >= 0.6 is 0 Å². The number of hydrogen-bond acceptors (Lipinski definition) is 1. The molecule has 3 heteroatoms. The summed E-state index contributed by atoms with van der Waals surface area (Å²) in [6, 6.07) is 15.9. The number of hydrogen-bond donors (Lipinski definition) is 0. The largest absolute Gasteiger partial charge is 0.338 e. The highest BCUT2D eigenvalue weighted by Crippen LogP contribution is 2.46. The molecule has 0 spiro atoms. The first-order chi connectivity index (χ1) is 12.2. The third-order valence-corrected chi connectivity index (χ3v) is 5.38. The van der Waals surface area contributed by atoms with Gasteiger partial charge in [0.2, 0.25) is 0 Å². The van der Waals surface area contributed by atoms with Gasteiger partial charge in [-0.05, 0) is 54.8 Å². The van der Waals surface area contributed by atoms with Gasteiger partial charge in [-0.15, -0.1) is 0 Å². The molecule has 2 aromatic heterocycles. The van der Waals surface area contributed by atoms with Crippen LogP contribution in [0.15, 0.2) is 60.9 Å². The van der Waals surface area contributed by atoms with Crippen LogP contribution in [0.3, 0.4) is 0 Å². The zero-order chi connectivity index (χ0) is 17.0. The second-order valence-corrected chi connectivity index (χ2v) is 7.05. The van der Waals surface area contributed by atoms with E-state index in [1.807, 2.05) is 24.5 Å². The van der Waals surface area contributed by atoms with Crippen molar-refractivity contribution in [1.82, 2.24) is 9.55 Å². The summed E-state index contributed by atoms with van der Waals surface area (Å²) < 4.78 is 16.5. The van der Waals surface area contributed by atoms with E-state index >= 15 is 0 Å². The summed E-state index contributed by atoms with van der Waals surface area (Å²) in [4.78, 5) is 4.77. The zero-order valence-corrected chi connectivity index (χ0v) is 14.1. The lowest BCUT2D eigenvalue weighted by atomic mass is 10.0. The fraction of sp³-hybridized carbons (Fsp3) is 0.227. The number of benzene rings is 2. The first-order valence-corrected chi connectivity index (χ1v) is 8.83. The summed E-state index contributed by atoms with van der Waals surface area (Å²) in [5.74, 6) is 0.413. The van der Waals surface area contributed by atoms with Crippen molar-refractivity contribution in [2.45, 2.75) is 25.8 Å². The Morgan fingerprint density at radius 3 is 2.72 bits per heavy atom. The van der Waals surface area contributed by atoms with E-state index < -0.39 is 0 Å². The predicted molar refractivity (Wildman–Crippen MR) is 99.2 cm³/mol. The molecule has 1 aliphatic rings. The maximum absolute atomic E-state index is 14.3. The molecule has 2 heterocycles. The lowest BCUT2D eigenvalue weighted by Crippen LogP contribution is -2.14. The van der Waals surface area contributed by atoms with Gasteiger partial charge in [0.25, 0.3) is 0 Å². The summed E-state index contributed by atoms with van der Waals surface area (Å²) in [7, 11) is 0. The Bertz CT molecular complexity index is 1090. The van der Waals surface area contributed by atoms with Gasteiger partial charge in [-0.25, -0.2) is 4.39 Å².